The molecule has 0 radical (unpaired) electrons. The lowest BCUT2D eigenvalue weighted by molar-refractivity contribution is -0.115. The van der Waals surface area contributed by atoms with Gasteiger partial charge in [-0.1, -0.05) is 6.92 Å². The van der Waals surface area contributed by atoms with Crippen LogP contribution in [0.1, 0.15) is 26.2 Å². The average molecular weight is 345 g/mol. The molecule has 1 aromatic carbocycles. The highest BCUT2D eigenvalue weighted by atomic mass is 35.5. The third-order valence-electron chi connectivity index (χ3n) is 3.84. The number of nitrogens with one attached hydrogen (secondary N) is 1. The van der Waals surface area contributed by atoms with Crippen LogP contribution < -0.4 is 5.32 Å². The first kappa shape index (κ1) is 17.2. The summed E-state index contributed by atoms with van der Waals surface area (Å²) in [6.45, 7) is 3.28. The van der Waals surface area contributed by atoms with Crippen molar-refractivity contribution in [3.63, 3.8) is 0 Å². The number of carbonyl (C=O) groups is 1. The summed E-state index contributed by atoms with van der Waals surface area (Å²) < 4.78 is 26.6. The lowest BCUT2D eigenvalue weighted by Gasteiger charge is -2.29. The second-order valence-electron chi connectivity index (χ2n) is 5.60. The Bertz CT molecular complexity index is 608. The first-order valence-corrected chi connectivity index (χ1v) is 9.37. The molecular formula is C15H21ClN2O3S. The molecule has 0 saturated carbocycles. The second-order valence-corrected chi connectivity index (χ2v) is 7.91. The molecule has 1 N–H and O–H groups in total. The molecule has 5 nitrogen and oxygen atoms in total. The predicted octanol–water partition coefficient (Wildman–Crippen LogP) is 2.67. The molecule has 1 aromatic rings. The standard InChI is InChI=1S/C15H21ClN2O3S/c1-12-7-10-18(11-8-12)22(20,21)14-4-2-13(3-5-14)17-15(19)6-9-16/h2-5,12H,6-11H2,1H3,(H,17,19). The molecule has 1 aliphatic rings. The number of nitrogens with zero attached hydrogens (tertiary/aromatic N) is 1. The molecule has 122 valence electrons. The van der Waals surface area contributed by atoms with Crippen LogP contribution in [-0.4, -0.2) is 37.6 Å². The highest BCUT2D eigenvalue weighted by Gasteiger charge is 2.27. The van der Waals surface area contributed by atoms with Crippen LogP contribution in [0.4, 0.5) is 5.69 Å². The van der Waals surface area contributed by atoms with E-state index >= 15 is 0 Å². The number of piperidine rings is 1. The maximum Gasteiger partial charge on any atom is 0.243 e. The molecule has 1 fully saturated rings. The molecule has 22 heavy (non-hydrogen) atoms. The Morgan fingerprint density at radius 2 is 1.86 bits per heavy atom. The molecule has 1 heterocycles. The normalized spacial score (nSPS) is 17.4. The summed E-state index contributed by atoms with van der Waals surface area (Å²) in [6.07, 6.45) is 2.02. The van der Waals surface area contributed by atoms with Gasteiger partial charge in [-0.15, -0.1) is 11.6 Å². The Hall–Kier alpha value is -1.11. The van der Waals surface area contributed by atoms with E-state index in [0.717, 1.165) is 12.8 Å². The largest absolute Gasteiger partial charge is 0.326 e. The van der Waals surface area contributed by atoms with Gasteiger partial charge >= 0.3 is 0 Å². The molecule has 2 rings (SSSR count). The first-order chi connectivity index (χ1) is 10.4. The van der Waals surface area contributed by atoms with Gasteiger partial charge in [0.15, 0.2) is 0 Å². The van der Waals surface area contributed by atoms with Crippen LogP contribution in [0, 0.1) is 5.92 Å². The van der Waals surface area contributed by atoms with Crippen LogP contribution in [-0.2, 0) is 14.8 Å². The lowest BCUT2D eigenvalue weighted by atomic mass is 10.0. The van der Waals surface area contributed by atoms with Crippen molar-refractivity contribution in [1.82, 2.24) is 4.31 Å². The van der Waals surface area contributed by atoms with Gasteiger partial charge in [-0.25, -0.2) is 8.42 Å². The van der Waals surface area contributed by atoms with Crippen LogP contribution in [0.25, 0.3) is 0 Å². The number of alkyl halides is 1. The Morgan fingerprint density at radius 3 is 2.41 bits per heavy atom. The van der Waals surface area contributed by atoms with Crippen LogP contribution in [0.15, 0.2) is 29.2 Å². The van der Waals surface area contributed by atoms with E-state index < -0.39 is 10.0 Å². The molecule has 0 aliphatic carbocycles. The Kier molecular flexibility index (Phi) is 5.83. The zero-order chi connectivity index (χ0) is 16.2. The average Bonchev–Trinajstić information content (AvgIpc) is 2.48. The van der Waals surface area contributed by atoms with E-state index in [1.807, 2.05) is 0 Å². The van der Waals surface area contributed by atoms with Crippen molar-refractivity contribution in [3.8, 4) is 0 Å². The highest BCUT2D eigenvalue weighted by Crippen LogP contribution is 2.24. The van der Waals surface area contributed by atoms with E-state index in [1.54, 1.807) is 12.1 Å². The molecule has 1 saturated heterocycles. The molecule has 0 bridgehead atoms. The summed E-state index contributed by atoms with van der Waals surface area (Å²) in [4.78, 5) is 11.7. The SMILES string of the molecule is CC1CCN(S(=O)(=O)c2ccc(NC(=O)CCCl)cc2)CC1. The summed E-state index contributed by atoms with van der Waals surface area (Å²) in [6, 6.07) is 6.27. The van der Waals surface area contributed by atoms with Crippen molar-refractivity contribution in [2.24, 2.45) is 5.92 Å². The van der Waals surface area contributed by atoms with E-state index in [4.69, 9.17) is 11.6 Å². The fourth-order valence-electron chi connectivity index (χ4n) is 2.39. The minimum atomic E-state index is -3.44. The lowest BCUT2D eigenvalue weighted by Crippen LogP contribution is -2.37. The van der Waals surface area contributed by atoms with Crippen molar-refractivity contribution in [2.75, 3.05) is 24.3 Å². The number of anilines is 1. The van der Waals surface area contributed by atoms with E-state index in [9.17, 15) is 13.2 Å². The van der Waals surface area contributed by atoms with Gasteiger partial charge in [0.25, 0.3) is 0 Å². The van der Waals surface area contributed by atoms with E-state index in [-0.39, 0.29) is 23.1 Å². The summed E-state index contributed by atoms with van der Waals surface area (Å²) in [7, 11) is -3.44. The molecule has 0 unspecified atom stereocenters. The van der Waals surface area contributed by atoms with E-state index in [0.29, 0.717) is 24.7 Å². The van der Waals surface area contributed by atoms with Crippen molar-refractivity contribution < 1.29 is 13.2 Å². The molecule has 0 aromatic heterocycles. The van der Waals surface area contributed by atoms with Crippen molar-refractivity contribution in [1.29, 1.82) is 0 Å². The zero-order valence-corrected chi connectivity index (χ0v) is 14.2. The summed E-state index contributed by atoms with van der Waals surface area (Å²) >= 11 is 5.50. The topological polar surface area (TPSA) is 66.5 Å². The fourth-order valence-corrected chi connectivity index (χ4v) is 4.04. The number of halogens is 1. The highest BCUT2D eigenvalue weighted by molar-refractivity contribution is 7.89. The summed E-state index contributed by atoms with van der Waals surface area (Å²) in [5, 5.41) is 2.68. The molecular weight excluding hydrogens is 324 g/mol. The second kappa shape index (κ2) is 7.44. The van der Waals surface area contributed by atoms with Crippen molar-refractivity contribution in [2.45, 2.75) is 31.1 Å². The van der Waals surface area contributed by atoms with Gasteiger partial charge in [0.1, 0.15) is 0 Å². The minimum absolute atomic E-state index is 0.185. The molecule has 1 amide bonds. The molecule has 7 heteroatoms. The Balaban J connectivity index is 2.07. The van der Waals surface area contributed by atoms with Gasteiger partial charge in [0.2, 0.25) is 15.9 Å². The smallest absolute Gasteiger partial charge is 0.243 e. The first-order valence-electron chi connectivity index (χ1n) is 7.39. The summed E-state index contributed by atoms with van der Waals surface area (Å²) in [5.74, 6) is 0.646. The maximum absolute atomic E-state index is 12.6. The van der Waals surface area contributed by atoms with Gasteiger partial charge in [-0.05, 0) is 43.0 Å². The third-order valence-corrected chi connectivity index (χ3v) is 5.94. The fraction of sp³-hybridized carbons (Fsp3) is 0.533. The van der Waals surface area contributed by atoms with Crippen LogP contribution >= 0.6 is 11.6 Å². The molecule has 0 spiro atoms. The Labute approximate surface area is 136 Å². The van der Waals surface area contributed by atoms with Gasteiger partial charge < -0.3 is 5.32 Å². The number of hydrogen-bond acceptors (Lipinski definition) is 3. The number of amides is 1. The number of rotatable bonds is 5. The van der Waals surface area contributed by atoms with Crippen LogP contribution in [0.2, 0.25) is 0 Å². The van der Waals surface area contributed by atoms with E-state index in [2.05, 4.69) is 12.2 Å². The number of benzene rings is 1. The van der Waals surface area contributed by atoms with Gasteiger partial charge in [-0.3, -0.25) is 4.79 Å². The minimum Gasteiger partial charge on any atom is -0.326 e. The van der Waals surface area contributed by atoms with E-state index in [1.165, 1.54) is 16.4 Å². The van der Waals surface area contributed by atoms with Crippen molar-refractivity contribution in [3.05, 3.63) is 24.3 Å². The number of carbonyl (C=O) groups excluding carboxylic acids is 1. The number of hydrogen-bond donors (Lipinski definition) is 1. The summed E-state index contributed by atoms with van der Waals surface area (Å²) in [5.41, 5.74) is 0.571. The predicted molar refractivity (Wildman–Crippen MR) is 87.6 cm³/mol. The van der Waals surface area contributed by atoms with Crippen molar-refractivity contribution >= 4 is 33.2 Å². The molecule has 1 aliphatic heterocycles. The zero-order valence-electron chi connectivity index (χ0n) is 12.6. The molecule has 0 atom stereocenters. The monoisotopic (exact) mass is 344 g/mol. The van der Waals surface area contributed by atoms with Gasteiger partial charge in [-0.2, -0.15) is 4.31 Å². The van der Waals surface area contributed by atoms with Gasteiger partial charge in [0.05, 0.1) is 4.90 Å². The van der Waals surface area contributed by atoms with Gasteiger partial charge in [0, 0.05) is 31.1 Å². The van der Waals surface area contributed by atoms with Crippen LogP contribution in [0.5, 0.6) is 0 Å². The quantitative estimate of drug-likeness (QED) is 0.835. The number of sulfonamides is 1. The van der Waals surface area contributed by atoms with Crippen LogP contribution in [0.3, 0.4) is 0 Å². The maximum atomic E-state index is 12.6. The Morgan fingerprint density at radius 1 is 1.27 bits per heavy atom. The third kappa shape index (κ3) is 4.21.